The van der Waals surface area contributed by atoms with Gasteiger partial charge in [0.25, 0.3) is 0 Å². The van der Waals surface area contributed by atoms with E-state index in [9.17, 15) is 0 Å². The van der Waals surface area contributed by atoms with Crippen molar-refractivity contribution in [2.24, 2.45) is 0 Å². The fourth-order valence-electron chi connectivity index (χ4n) is 9.25. The maximum Gasteiger partial charge on any atom is 0.135 e. The van der Waals surface area contributed by atoms with Gasteiger partial charge in [0.15, 0.2) is 0 Å². The van der Waals surface area contributed by atoms with Crippen molar-refractivity contribution < 1.29 is 4.42 Å². The van der Waals surface area contributed by atoms with E-state index >= 15 is 0 Å². The Bertz CT molecular complexity index is 3040. The average molecular weight is 716 g/mol. The van der Waals surface area contributed by atoms with Crippen molar-refractivity contribution in [1.82, 2.24) is 0 Å². The summed E-state index contributed by atoms with van der Waals surface area (Å²) in [7, 11) is 0. The molecule has 0 saturated heterocycles. The summed E-state index contributed by atoms with van der Waals surface area (Å²) >= 11 is 0. The van der Waals surface area contributed by atoms with Crippen LogP contribution in [0.1, 0.15) is 23.6 Å². The van der Waals surface area contributed by atoms with Crippen molar-refractivity contribution in [1.29, 1.82) is 0 Å². The van der Waals surface area contributed by atoms with E-state index in [2.05, 4.69) is 218 Å². The zero-order valence-corrected chi connectivity index (χ0v) is 31.0. The standard InChI is InChI=1S/C54H37NO/c1-54(47-20-10-7-17-44(47)45-18-8-11-21-48(45)54)53-49(33-34-51-52(53)46-19-9-12-22-50(46)56-51)55(42-29-25-38(26-30-42)36-13-3-2-4-14-36)43-31-27-39(28-32-43)41-24-23-37-15-5-6-16-40(37)35-41/h2-35H,1H3. The van der Waals surface area contributed by atoms with Crippen LogP contribution < -0.4 is 4.90 Å². The second-order valence-corrected chi connectivity index (χ2v) is 15.0. The van der Waals surface area contributed by atoms with Crippen molar-refractivity contribution in [3.05, 3.63) is 223 Å². The lowest BCUT2D eigenvalue weighted by Gasteiger charge is -2.36. The summed E-state index contributed by atoms with van der Waals surface area (Å²) in [4.78, 5) is 2.45. The molecule has 1 aliphatic rings. The van der Waals surface area contributed by atoms with Crippen LogP contribution in [0.15, 0.2) is 211 Å². The highest BCUT2D eigenvalue weighted by Crippen LogP contribution is 2.58. The molecule has 2 nitrogen and oxygen atoms in total. The number of rotatable bonds is 6. The van der Waals surface area contributed by atoms with Gasteiger partial charge in [-0.1, -0.05) is 158 Å². The first-order valence-electron chi connectivity index (χ1n) is 19.3. The van der Waals surface area contributed by atoms with E-state index < -0.39 is 5.41 Å². The predicted octanol–water partition coefficient (Wildman–Crippen LogP) is 14.9. The fraction of sp³-hybridized carbons (Fsp3) is 0.0370. The Labute approximate surface area is 326 Å². The molecule has 0 aliphatic heterocycles. The Morgan fingerprint density at radius 2 is 0.946 bits per heavy atom. The van der Waals surface area contributed by atoms with Crippen LogP contribution >= 0.6 is 0 Å². The Morgan fingerprint density at radius 3 is 1.64 bits per heavy atom. The zero-order chi connectivity index (χ0) is 37.2. The maximum absolute atomic E-state index is 6.66. The molecule has 10 aromatic rings. The third-order valence-electron chi connectivity index (χ3n) is 11.9. The second-order valence-electron chi connectivity index (χ2n) is 15.0. The van der Waals surface area contributed by atoms with Gasteiger partial charge < -0.3 is 9.32 Å². The minimum Gasteiger partial charge on any atom is -0.456 e. The summed E-state index contributed by atoms with van der Waals surface area (Å²) < 4.78 is 6.66. The number of para-hydroxylation sites is 1. The first kappa shape index (κ1) is 32.3. The summed E-state index contributed by atoms with van der Waals surface area (Å²) in [6, 6.07) is 74.8. The molecule has 1 aromatic heterocycles. The molecule has 0 spiro atoms. The largest absolute Gasteiger partial charge is 0.456 e. The van der Waals surface area contributed by atoms with E-state index in [1.807, 2.05) is 0 Å². The highest BCUT2D eigenvalue weighted by atomic mass is 16.3. The third-order valence-corrected chi connectivity index (χ3v) is 11.9. The van der Waals surface area contributed by atoms with Gasteiger partial charge in [0.1, 0.15) is 11.2 Å². The maximum atomic E-state index is 6.66. The van der Waals surface area contributed by atoms with Gasteiger partial charge in [-0.15, -0.1) is 0 Å². The minimum absolute atomic E-state index is 0.498. The van der Waals surface area contributed by atoms with Gasteiger partial charge in [0.05, 0.1) is 5.69 Å². The number of benzene rings is 9. The molecule has 0 amide bonds. The molecule has 0 radical (unpaired) electrons. The molecule has 9 aromatic carbocycles. The topological polar surface area (TPSA) is 16.4 Å². The van der Waals surface area contributed by atoms with Crippen LogP contribution in [0.2, 0.25) is 0 Å². The Hall–Kier alpha value is -7.16. The first-order valence-corrected chi connectivity index (χ1v) is 19.3. The second kappa shape index (κ2) is 12.7. The van der Waals surface area contributed by atoms with Crippen molar-refractivity contribution in [2.75, 3.05) is 4.90 Å². The van der Waals surface area contributed by atoms with Crippen LogP contribution in [0.5, 0.6) is 0 Å². The van der Waals surface area contributed by atoms with Crippen LogP contribution in [-0.4, -0.2) is 0 Å². The molecular formula is C54H37NO. The molecule has 0 fully saturated rings. The van der Waals surface area contributed by atoms with Gasteiger partial charge in [-0.2, -0.15) is 0 Å². The van der Waals surface area contributed by atoms with Crippen LogP contribution in [-0.2, 0) is 5.41 Å². The van der Waals surface area contributed by atoms with E-state index in [0.717, 1.165) is 39.0 Å². The molecule has 264 valence electrons. The van der Waals surface area contributed by atoms with Crippen LogP contribution in [0.4, 0.5) is 17.1 Å². The smallest absolute Gasteiger partial charge is 0.135 e. The SMILES string of the molecule is CC1(c2c(N(c3ccc(-c4ccccc4)cc3)c3ccc(-c4ccc5ccccc5c4)cc3)ccc3oc4ccccc4c23)c2ccccc2-c2ccccc21. The molecule has 1 aliphatic carbocycles. The Morgan fingerprint density at radius 1 is 0.411 bits per heavy atom. The number of anilines is 3. The molecule has 0 N–H and O–H groups in total. The van der Waals surface area contributed by atoms with Gasteiger partial charge in [0, 0.05) is 33.1 Å². The van der Waals surface area contributed by atoms with Crippen LogP contribution in [0.25, 0.3) is 66.1 Å². The molecule has 0 bridgehead atoms. The average Bonchev–Trinajstić information content (AvgIpc) is 3.77. The summed E-state index contributed by atoms with van der Waals surface area (Å²) in [5, 5.41) is 4.75. The van der Waals surface area contributed by atoms with Gasteiger partial charge in [-0.25, -0.2) is 0 Å². The first-order chi connectivity index (χ1) is 27.6. The highest BCUT2D eigenvalue weighted by molar-refractivity contribution is 6.11. The fourth-order valence-corrected chi connectivity index (χ4v) is 9.25. The highest BCUT2D eigenvalue weighted by Gasteiger charge is 2.44. The summed E-state index contributed by atoms with van der Waals surface area (Å²) in [6.07, 6.45) is 0. The number of nitrogens with zero attached hydrogens (tertiary/aromatic N) is 1. The van der Waals surface area contributed by atoms with E-state index in [1.165, 1.54) is 60.8 Å². The van der Waals surface area contributed by atoms with Crippen molar-refractivity contribution in [3.8, 4) is 33.4 Å². The van der Waals surface area contributed by atoms with Gasteiger partial charge in [-0.05, 0) is 111 Å². The lowest BCUT2D eigenvalue weighted by Crippen LogP contribution is -2.26. The van der Waals surface area contributed by atoms with Gasteiger partial charge in [-0.3, -0.25) is 0 Å². The van der Waals surface area contributed by atoms with E-state index in [1.54, 1.807) is 0 Å². The number of furan rings is 1. The minimum atomic E-state index is -0.498. The van der Waals surface area contributed by atoms with Gasteiger partial charge >= 0.3 is 0 Å². The molecule has 0 saturated carbocycles. The zero-order valence-electron chi connectivity index (χ0n) is 31.0. The quantitative estimate of drug-likeness (QED) is 0.170. The molecule has 0 unspecified atom stereocenters. The lowest BCUT2D eigenvalue weighted by molar-refractivity contribution is 0.666. The molecule has 2 heteroatoms. The normalized spacial score (nSPS) is 12.9. The summed E-state index contributed by atoms with van der Waals surface area (Å²) in [6.45, 7) is 2.41. The third kappa shape index (κ3) is 4.96. The monoisotopic (exact) mass is 715 g/mol. The van der Waals surface area contributed by atoms with Crippen LogP contribution in [0, 0.1) is 0 Å². The number of hydrogen-bond acceptors (Lipinski definition) is 2. The van der Waals surface area contributed by atoms with Crippen LogP contribution in [0.3, 0.4) is 0 Å². The van der Waals surface area contributed by atoms with Crippen molar-refractivity contribution in [2.45, 2.75) is 12.3 Å². The summed E-state index contributed by atoms with van der Waals surface area (Å²) in [5.74, 6) is 0. The van der Waals surface area contributed by atoms with E-state index in [4.69, 9.17) is 4.42 Å². The lowest BCUT2D eigenvalue weighted by atomic mass is 9.71. The molecule has 11 rings (SSSR count). The van der Waals surface area contributed by atoms with Crippen molar-refractivity contribution >= 4 is 49.8 Å². The molecular weight excluding hydrogens is 679 g/mol. The molecule has 1 heterocycles. The predicted molar refractivity (Wildman–Crippen MR) is 234 cm³/mol. The number of fused-ring (bicyclic) bond motifs is 7. The molecule has 56 heavy (non-hydrogen) atoms. The molecule has 0 atom stereocenters. The number of hydrogen-bond donors (Lipinski definition) is 0. The van der Waals surface area contributed by atoms with Crippen molar-refractivity contribution in [3.63, 3.8) is 0 Å². The Kier molecular flexibility index (Phi) is 7.33. The Balaban J connectivity index is 1.18. The summed E-state index contributed by atoms with van der Waals surface area (Å²) in [5.41, 5.74) is 15.7. The van der Waals surface area contributed by atoms with E-state index in [-0.39, 0.29) is 0 Å². The van der Waals surface area contributed by atoms with Gasteiger partial charge in [0.2, 0.25) is 0 Å². The van der Waals surface area contributed by atoms with E-state index in [0.29, 0.717) is 0 Å².